The number of rotatable bonds is 4. The molecule has 2 aliphatic rings. The van der Waals surface area contributed by atoms with E-state index in [2.05, 4.69) is 39.2 Å². The molecule has 24 heavy (non-hydrogen) atoms. The Balaban J connectivity index is 1.56. The third-order valence-electron chi connectivity index (χ3n) is 4.43. The Hall–Kier alpha value is -2.45. The third kappa shape index (κ3) is 3.24. The molecule has 130 valence electrons. The first-order valence-corrected chi connectivity index (χ1v) is 8.27. The molecule has 9 heteroatoms. The van der Waals surface area contributed by atoms with Gasteiger partial charge >= 0.3 is 6.03 Å². The van der Waals surface area contributed by atoms with Crippen molar-refractivity contribution in [2.24, 2.45) is 0 Å². The Morgan fingerprint density at radius 3 is 2.71 bits per heavy atom. The van der Waals surface area contributed by atoms with Gasteiger partial charge in [0.15, 0.2) is 0 Å². The van der Waals surface area contributed by atoms with Crippen molar-refractivity contribution in [3.8, 4) is 0 Å². The fourth-order valence-corrected chi connectivity index (χ4v) is 3.11. The number of amides is 4. The van der Waals surface area contributed by atoms with Crippen LogP contribution in [0.3, 0.4) is 0 Å². The van der Waals surface area contributed by atoms with Crippen LogP contribution in [0.1, 0.15) is 44.3 Å². The van der Waals surface area contributed by atoms with Crippen LogP contribution in [-0.4, -0.2) is 56.6 Å². The van der Waals surface area contributed by atoms with Gasteiger partial charge in [0.2, 0.25) is 5.91 Å². The first kappa shape index (κ1) is 16.4. The highest BCUT2D eigenvalue weighted by Gasteiger charge is 2.30. The molecular weight excluding hydrogens is 312 g/mol. The summed E-state index contributed by atoms with van der Waals surface area (Å²) in [6, 6.07) is -1.10. The summed E-state index contributed by atoms with van der Waals surface area (Å²) >= 11 is 0. The van der Waals surface area contributed by atoms with Crippen LogP contribution in [0.2, 0.25) is 0 Å². The molecule has 4 amide bonds. The topological polar surface area (TPSA) is 109 Å². The molecule has 1 atom stereocenters. The van der Waals surface area contributed by atoms with Crippen molar-refractivity contribution in [3.05, 3.63) is 11.6 Å². The molecule has 0 spiro atoms. The van der Waals surface area contributed by atoms with Gasteiger partial charge in [0.25, 0.3) is 5.91 Å². The fourth-order valence-electron chi connectivity index (χ4n) is 3.11. The normalized spacial score (nSPS) is 20.6. The predicted octanol–water partition coefficient (Wildman–Crippen LogP) is -0.226. The van der Waals surface area contributed by atoms with Gasteiger partial charge < -0.3 is 14.8 Å². The molecule has 1 saturated heterocycles. The molecule has 0 unspecified atom stereocenters. The minimum absolute atomic E-state index is 0.00578. The summed E-state index contributed by atoms with van der Waals surface area (Å²) in [4.78, 5) is 36.8. The van der Waals surface area contributed by atoms with E-state index in [9.17, 15) is 14.4 Å². The van der Waals surface area contributed by atoms with Gasteiger partial charge in [-0.25, -0.2) is 4.79 Å². The molecule has 1 aromatic heterocycles. The van der Waals surface area contributed by atoms with Gasteiger partial charge in [0.05, 0.1) is 0 Å². The molecule has 0 aromatic carbocycles. The van der Waals surface area contributed by atoms with Crippen LogP contribution >= 0.6 is 0 Å². The lowest BCUT2D eigenvalue weighted by molar-refractivity contribution is -0.131. The number of nitrogens with zero attached hydrogens (tertiary/aromatic N) is 4. The van der Waals surface area contributed by atoms with Gasteiger partial charge in [0, 0.05) is 38.4 Å². The Morgan fingerprint density at radius 2 is 2.04 bits per heavy atom. The van der Waals surface area contributed by atoms with E-state index >= 15 is 0 Å². The Labute approximate surface area is 139 Å². The fraction of sp³-hybridized carbons (Fsp3) is 0.667. The molecule has 0 radical (unpaired) electrons. The van der Waals surface area contributed by atoms with E-state index in [1.807, 2.05) is 0 Å². The van der Waals surface area contributed by atoms with Crippen LogP contribution in [0.25, 0.3) is 0 Å². The SMILES string of the molecule is CC(C)c1nnc2n1CCN(C(=O)CC[C@@H]1NC(=O)NC1=O)CC2. The summed E-state index contributed by atoms with van der Waals surface area (Å²) in [6.07, 6.45) is 1.22. The molecular formula is C15H22N6O3. The number of hydrogen-bond acceptors (Lipinski definition) is 5. The highest BCUT2D eigenvalue weighted by atomic mass is 16.2. The molecule has 0 saturated carbocycles. The van der Waals surface area contributed by atoms with Crippen molar-refractivity contribution in [2.75, 3.05) is 13.1 Å². The molecule has 0 bridgehead atoms. The zero-order valence-electron chi connectivity index (χ0n) is 13.9. The first-order chi connectivity index (χ1) is 11.5. The lowest BCUT2D eigenvalue weighted by Gasteiger charge is -2.20. The van der Waals surface area contributed by atoms with E-state index < -0.39 is 12.1 Å². The lowest BCUT2D eigenvalue weighted by Crippen LogP contribution is -2.36. The van der Waals surface area contributed by atoms with Crippen LogP contribution < -0.4 is 10.6 Å². The maximum atomic E-state index is 12.4. The predicted molar refractivity (Wildman–Crippen MR) is 84.1 cm³/mol. The number of fused-ring (bicyclic) bond motifs is 1. The molecule has 1 fully saturated rings. The highest BCUT2D eigenvalue weighted by Crippen LogP contribution is 2.17. The van der Waals surface area contributed by atoms with Crippen LogP contribution in [-0.2, 0) is 22.6 Å². The smallest absolute Gasteiger partial charge is 0.322 e. The van der Waals surface area contributed by atoms with E-state index in [-0.39, 0.29) is 24.2 Å². The van der Waals surface area contributed by atoms with Gasteiger partial charge in [-0.15, -0.1) is 10.2 Å². The van der Waals surface area contributed by atoms with E-state index in [1.54, 1.807) is 4.90 Å². The molecule has 2 N–H and O–H groups in total. The van der Waals surface area contributed by atoms with Crippen molar-refractivity contribution in [1.29, 1.82) is 0 Å². The zero-order chi connectivity index (χ0) is 17.3. The monoisotopic (exact) mass is 334 g/mol. The van der Waals surface area contributed by atoms with Crippen molar-refractivity contribution in [1.82, 2.24) is 30.3 Å². The van der Waals surface area contributed by atoms with Gasteiger partial charge in [-0.2, -0.15) is 0 Å². The van der Waals surface area contributed by atoms with Crippen LogP contribution in [0, 0.1) is 0 Å². The second kappa shape index (κ2) is 6.58. The maximum Gasteiger partial charge on any atom is 0.322 e. The number of urea groups is 1. The second-order valence-corrected chi connectivity index (χ2v) is 6.47. The number of carbonyl (C=O) groups is 3. The van der Waals surface area contributed by atoms with E-state index in [1.165, 1.54) is 0 Å². The van der Waals surface area contributed by atoms with Gasteiger partial charge in [-0.3, -0.25) is 14.9 Å². The number of aromatic nitrogens is 3. The largest absolute Gasteiger partial charge is 0.340 e. The quantitative estimate of drug-likeness (QED) is 0.740. The lowest BCUT2D eigenvalue weighted by atomic mass is 10.1. The molecule has 9 nitrogen and oxygen atoms in total. The average molecular weight is 334 g/mol. The van der Waals surface area contributed by atoms with Crippen molar-refractivity contribution in [2.45, 2.75) is 51.6 Å². The summed E-state index contributed by atoms with van der Waals surface area (Å²) < 4.78 is 2.10. The summed E-state index contributed by atoms with van der Waals surface area (Å²) in [5, 5.41) is 13.2. The van der Waals surface area contributed by atoms with E-state index in [4.69, 9.17) is 0 Å². The zero-order valence-corrected chi connectivity index (χ0v) is 13.9. The summed E-state index contributed by atoms with van der Waals surface area (Å²) in [5.74, 6) is 1.78. The molecule has 3 heterocycles. The van der Waals surface area contributed by atoms with Crippen molar-refractivity contribution >= 4 is 17.8 Å². The van der Waals surface area contributed by atoms with Crippen molar-refractivity contribution < 1.29 is 14.4 Å². The standard InChI is InChI=1S/C15H22N6O3/c1-9(2)13-19-18-11-5-6-20(7-8-21(11)13)12(22)4-3-10-14(23)17-15(24)16-10/h9-10H,3-8H2,1-2H3,(H2,16,17,23,24)/t10-/m0/s1. The first-order valence-electron chi connectivity index (χ1n) is 8.27. The summed E-state index contributed by atoms with van der Waals surface area (Å²) in [5.41, 5.74) is 0. The number of carbonyl (C=O) groups excluding carboxylic acids is 3. The minimum Gasteiger partial charge on any atom is -0.340 e. The van der Waals surface area contributed by atoms with Gasteiger partial charge in [-0.1, -0.05) is 13.8 Å². The number of hydrogen-bond donors (Lipinski definition) is 2. The summed E-state index contributed by atoms with van der Waals surface area (Å²) in [7, 11) is 0. The maximum absolute atomic E-state index is 12.4. The highest BCUT2D eigenvalue weighted by molar-refractivity contribution is 6.04. The molecule has 2 aliphatic heterocycles. The third-order valence-corrected chi connectivity index (χ3v) is 4.43. The Bertz CT molecular complexity index is 668. The molecule has 1 aromatic rings. The Morgan fingerprint density at radius 1 is 1.25 bits per heavy atom. The minimum atomic E-state index is -0.611. The molecule has 3 rings (SSSR count). The average Bonchev–Trinajstić information content (AvgIpc) is 3.01. The Kier molecular flexibility index (Phi) is 4.50. The van der Waals surface area contributed by atoms with Gasteiger partial charge in [-0.05, 0) is 6.42 Å². The second-order valence-electron chi connectivity index (χ2n) is 6.47. The number of nitrogens with one attached hydrogen (secondary N) is 2. The van der Waals surface area contributed by atoms with Gasteiger partial charge in [0.1, 0.15) is 17.7 Å². The van der Waals surface area contributed by atoms with Crippen LogP contribution in [0.4, 0.5) is 4.79 Å². The van der Waals surface area contributed by atoms with Crippen molar-refractivity contribution in [3.63, 3.8) is 0 Å². The van der Waals surface area contributed by atoms with Crippen LogP contribution in [0.5, 0.6) is 0 Å². The van der Waals surface area contributed by atoms with Crippen LogP contribution in [0.15, 0.2) is 0 Å². The van der Waals surface area contributed by atoms with E-state index in [0.717, 1.165) is 11.6 Å². The van der Waals surface area contributed by atoms with E-state index in [0.29, 0.717) is 32.5 Å². The molecule has 0 aliphatic carbocycles. The summed E-state index contributed by atoms with van der Waals surface area (Å²) in [6.45, 7) is 6.03. The number of imide groups is 1.